The number of anilines is 1. The molecule has 0 bridgehead atoms. The van der Waals surface area contributed by atoms with Gasteiger partial charge < -0.3 is 10.6 Å². The van der Waals surface area contributed by atoms with Gasteiger partial charge in [0.25, 0.3) is 5.91 Å². The summed E-state index contributed by atoms with van der Waals surface area (Å²) in [5.41, 5.74) is 1.43. The summed E-state index contributed by atoms with van der Waals surface area (Å²) in [6.45, 7) is 0. The third kappa shape index (κ3) is 3.21. The molecule has 4 amide bonds. The van der Waals surface area contributed by atoms with Crippen molar-refractivity contribution < 1.29 is 14.4 Å². The lowest BCUT2D eigenvalue weighted by atomic mass is 9.88. The van der Waals surface area contributed by atoms with Gasteiger partial charge in [-0.05, 0) is 30.5 Å². The Balaban J connectivity index is 1.64. The van der Waals surface area contributed by atoms with Crippen LogP contribution in [0.4, 0.5) is 10.5 Å². The lowest BCUT2D eigenvalue weighted by Gasteiger charge is -2.20. The van der Waals surface area contributed by atoms with Gasteiger partial charge in [-0.2, -0.15) is 0 Å². The predicted molar refractivity (Wildman–Crippen MR) is 85.7 cm³/mol. The summed E-state index contributed by atoms with van der Waals surface area (Å²) in [5, 5.41) is 5.57. The lowest BCUT2D eigenvalue weighted by molar-refractivity contribution is -0.126. The van der Waals surface area contributed by atoms with E-state index in [-0.39, 0.29) is 17.7 Å². The van der Waals surface area contributed by atoms with Crippen LogP contribution in [-0.4, -0.2) is 29.8 Å². The Kier molecular flexibility index (Phi) is 4.32. The number of likely N-dealkylation sites (N-methyl/N-ethyl adjacent to an activating group) is 1. The minimum atomic E-state index is -0.643. The Morgan fingerprint density at radius 2 is 1.78 bits per heavy atom. The van der Waals surface area contributed by atoms with E-state index in [1.165, 1.54) is 13.5 Å². The Morgan fingerprint density at radius 1 is 1.13 bits per heavy atom. The fourth-order valence-corrected chi connectivity index (χ4v) is 3.17. The molecule has 6 nitrogen and oxygen atoms in total. The standard InChI is InChI=1S/C17H21N3O3/c1-20-16(22)14(19-17(20)23)11-7-9-13(10-8-11)18-15(21)12-5-3-2-4-6-12/h7-10,12,14H,2-6H2,1H3,(H,18,21)(H,19,23). The number of hydrogen-bond acceptors (Lipinski definition) is 3. The first kappa shape index (κ1) is 15.5. The first-order valence-electron chi connectivity index (χ1n) is 8.05. The van der Waals surface area contributed by atoms with Gasteiger partial charge in [-0.3, -0.25) is 14.5 Å². The first-order chi connectivity index (χ1) is 11.1. The van der Waals surface area contributed by atoms with Crippen molar-refractivity contribution in [2.75, 3.05) is 12.4 Å². The molecule has 23 heavy (non-hydrogen) atoms. The van der Waals surface area contributed by atoms with Crippen molar-refractivity contribution in [1.82, 2.24) is 10.2 Å². The Labute approximate surface area is 135 Å². The average molecular weight is 315 g/mol. The van der Waals surface area contributed by atoms with Crippen molar-refractivity contribution in [3.8, 4) is 0 Å². The van der Waals surface area contributed by atoms with Gasteiger partial charge in [0.15, 0.2) is 0 Å². The fraction of sp³-hybridized carbons (Fsp3) is 0.471. The molecule has 1 heterocycles. The van der Waals surface area contributed by atoms with Gasteiger partial charge >= 0.3 is 6.03 Å². The van der Waals surface area contributed by atoms with Crippen LogP contribution in [0.25, 0.3) is 0 Å². The highest BCUT2D eigenvalue weighted by Crippen LogP contribution is 2.26. The number of imide groups is 1. The average Bonchev–Trinajstić information content (AvgIpc) is 2.84. The van der Waals surface area contributed by atoms with E-state index in [1.54, 1.807) is 24.3 Å². The van der Waals surface area contributed by atoms with Crippen molar-refractivity contribution in [2.24, 2.45) is 5.92 Å². The summed E-state index contributed by atoms with van der Waals surface area (Å²) >= 11 is 0. The number of hydrogen-bond donors (Lipinski definition) is 2. The summed E-state index contributed by atoms with van der Waals surface area (Å²) in [6, 6.07) is 6.03. The molecule has 2 fully saturated rings. The molecule has 2 N–H and O–H groups in total. The second-order valence-electron chi connectivity index (χ2n) is 6.23. The highest BCUT2D eigenvalue weighted by atomic mass is 16.2. The molecule has 0 radical (unpaired) electrons. The van der Waals surface area contributed by atoms with E-state index in [9.17, 15) is 14.4 Å². The first-order valence-corrected chi connectivity index (χ1v) is 8.05. The number of carbonyl (C=O) groups excluding carboxylic acids is 3. The van der Waals surface area contributed by atoms with E-state index in [0.29, 0.717) is 5.56 Å². The minimum absolute atomic E-state index is 0.0717. The molecule has 1 aromatic carbocycles. The van der Waals surface area contributed by atoms with Crippen molar-refractivity contribution in [1.29, 1.82) is 0 Å². The van der Waals surface area contributed by atoms with Gasteiger partial charge in [-0.1, -0.05) is 31.4 Å². The summed E-state index contributed by atoms with van der Waals surface area (Å²) in [7, 11) is 1.45. The molecule has 2 aliphatic rings. The molecule has 1 aromatic rings. The van der Waals surface area contributed by atoms with E-state index in [0.717, 1.165) is 36.3 Å². The van der Waals surface area contributed by atoms with Crippen LogP contribution in [0.5, 0.6) is 0 Å². The zero-order chi connectivity index (χ0) is 16.4. The minimum Gasteiger partial charge on any atom is -0.326 e. The molecule has 1 atom stereocenters. The Bertz CT molecular complexity index is 620. The Hall–Kier alpha value is -2.37. The third-order valence-electron chi connectivity index (χ3n) is 4.64. The third-order valence-corrected chi connectivity index (χ3v) is 4.64. The normalized spacial score (nSPS) is 22.1. The maximum Gasteiger partial charge on any atom is 0.324 e. The van der Waals surface area contributed by atoms with Crippen LogP contribution in [0, 0.1) is 5.92 Å². The van der Waals surface area contributed by atoms with Crippen LogP contribution < -0.4 is 10.6 Å². The van der Waals surface area contributed by atoms with Crippen LogP contribution in [0.15, 0.2) is 24.3 Å². The van der Waals surface area contributed by atoms with Crippen LogP contribution in [0.3, 0.4) is 0 Å². The largest absolute Gasteiger partial charge is 0.326 e. The summed E-state index contributed by atoms with van der Waals surface area (Å²) in [6.07, 6.45) is 5.37. The predicted octanol–water partition coefficient (Wildman–Crippen LogP) is 2.43. The van der Waals surface area contributed by atoms with E-state index in [4.69, 9.17) is 0 Å². The lowest BCUT2D eigenvalue weighted by Crippen LogP contribution is -2.25. The zero-order valence-corrected chi connectivity index (χ0v) is 13.2. The van der Waals surface area contributed by atoms with Crippen molar-refractivity contribution in [3.05, 3.63) is 29.8 Å². The molecule has 0 aromatic heterocycles. The van der Waals surface area contributed by atoms with Gasteiger partial charge in [0, 0.05) is 18.7 Å². The topological polar surface area (TPSA) is 78.5 Å². The van der Waals surface area contributed by atoms with E-state index < -0.39 is 12.1 Å². The monoisotopic (exact) mass is 315 g/mol. The number of benzene rings is 1. The zero-order valence-electron chi connectivity index (χ0n) is 13.2. The molecule has 1 saturated carbocycles. The molecule has 6 heteroatoms. The van der Waals surface area contributed by atoms with Gasteiger partial charge in [0.05, 0.1) is 0 Å². The van der Waals surface area contributed by atoms with Crippen molar-refractivity contribution in [3.63, 3.8) is 0 Å². The second kappa shape index (κ2) is 6.40. The van der Waals surface area contributed by atoms with E-state index in [1.807, 2.05) is 0 Å². The van der Waals surface area contributed by atoms with Crippen LogP contribution in [0.2, 0.25) is 0 Å². The highest BCUT2D eigenvalue weighted by molar-refractivity contribution is 6.04. The number of amides is 4. The molecule has 122 valence electrons. The van der Waals surface area contributed by atoms with Gasteiger partial charge in [0.1, 0.15) is 6.04 Å². The molecule has 1 saturated heterocycles. The van der Waals surface area contributed by atoms with Gasteiger partial charge in [0.2, 0.25) is 5.91 Å². The number of urea groups is 1. The SMILES string of the molecule is CN1C(=O)NC(c2ccc(NC(=O)C3CCCCC3)cc2)C1=O. The summed E-state index contributed by atoms with van der Waals surface area (Å²) in [4.78, 5) is 36.7. The van der Waals surface area contributed by atoms with Gasteiger partial charge in [-0.25, -0.2) is 4.79 Å². The fourth-order valence-electron chi connectivity index (χ4n) is 3.17. The van der Waals surface area contributed by atoms with Crippen molar-refractivity contribution in [2.45, 2.75) is 38.1 Å². The molecular formula is C17H21N3O3. The van der Waals surface area contributed by atoms with Crippen molar-refractivity contribution >= 4 is 23.5 Å². The number of nitrogens with one attached hydrogen (secondary N) is 2. The van der Waals surface area contributed by atoms with E-state index >= 15 is 0 Å². The Morgan fingerprint density at radius 3 is 2.35 bits per heavy atom. The van der Waals surface area contributed by atoms with Gasteiger partial charge in [-0.15, -0.1) is 0 Å². The molecule has 1 unspecified atom stereocenters. The molecule has 0 spiro atoms. The number of carbonyl (C=O) groups is 3. The summed E-state index contributed by atoms with van der Waals surface area (Å²) in [5.74, 6) is -0.0933. The van der Waals surface area contributed by atoms with Crippen LogP contribution in [-0.2, 0) is 9.59 Å². The highest BCUT2D eigenvalue weighted by Gasteiger charge is 2.36. The van der Waals surface area contributed by atoms with Crippen LogP contribution >= 0.6 is 0 Å². The number of rotatable bonds is 3. The molecule has 3 rings (SSSR count). The maximum absolute atomic E-state index is 12.2. The number of nitrogens with zero attached hydrogens (tertiary/aromatic N) is 1. The summed E-state index contributed by atoms with van der Waals surface area (Å²) < 4.78 is 0. The molecule has 1 aliphatic carbocycles. The van der Waals surface area contributed by atoms with E-state index in [2.05, 4.69) is 10.6 Å². The molecular weight excluding hydrogens is 294 g/mol. The molecule has 1 aliphatic heterocycles. The smallest absolute Gasteiger partial charge is 0.324 e. The quantitative estimate of drug-likeness (QED) is 0.841. The maximum atomic E-state index is 12.2. The van der Waals surface area contributed by atoms with Crippen LogP contribution in [0.1, 0.15) is 43.7 Å². The second-order valence-corrected chi connectivity index (χ2v) is 6.23.